The second kappa shape index (κ2) is 8.14. The zero-order valence-corrected chi connectivity index (χ0v) is 15.7. The molecule has 1 aliphatic heterocycles. The number of nitrogens with zero attached hydrogens (tertiary/aromatic N) is 2. The number of carbonyl (C=O) groups is 1. The molecular formula is C21H19FN4O3. The molecule has 1 atom stereocenters. The average Bonchev–Trinajstić information content (AvgIpc) is 3.42. The normalized spacial score (nSPS) is 15.5. The largest absolute Gasteiger partial charge is 0.494 e. The highest BCUT2D eigenvalue weighted by Crippen LogP contribution is 2.23. The number of aromatic nitrogens is 2. The van der Waals surface area contributed by atoms with Crippen molar-refractivity contribution in [3.63, 3.8) is 0 Å². The molecule has 148 valence electrons. The van der Waals surface area contributed by atoms with Gasteiger partial charge in [-0.1, -0.05) is 35.5 Å². The summed E-state index contributed by atoms with van der Waals surface area (Å²) < 4.78 is 18.8. The molecule has 0 saturated carbocycles. The highest BCUT2D eigenvalue weighted by Gasteiger charge is 2.24. The number of amides is 1. The molecule has 7 nitrogen and oxygen atoms in total. The quantitative estimate of drug-likeness (QED) is 0.672. The van der Waals surface area contributed by atoms with Crippen LogP contribution in [-0.2, 0) is 4.84 Å². The van der Waals surface area contributed by atoms with E-state index in [1.54, 1.807) is 12.1 Å². The van der Waals surface area contributed by atoms with Crippen LogP contribution in [0.5, 0.6) is 5.75 Å². The van der Waals surface area contributed by atoms with Crippen molar-refractivity contribution < 1.29 is 18.8 Å². The van der Waals surface area contributed by atoms with E-state index in [-0.39, 0.29) is 24.3 Å². The number of ether oxygens (including phenoxy) is 1. The molecule has 8 heteroatoms. The van der Waals surface area contributed by atoms with Crippen molar-refractivity contribution in [1.82, 2.24) is 15.5 Å². The summed E-state index contributed by atoms with van der Waals surface area (Å²) >= 11 is 0. The predicted octanol–water partition coefficient (Wildman–Crippen LogP) is 3.15. The lowest BCUT2D eigenvalue weighted by Gasteiger charge is -2.10. The lowest BCUT2D eigenvalue weighted by atomic mass is 10.0. The van der Waals surface area contributed by atoms with Gasteiger partial charge in [-0.3, -0.25) is 9.89 Å². The van der Waals surface area contributed by atoms with Crippen molar-refractivity contribution in [1.29, 1.82) is 0 Å². The fraction of sp³-hybridized carbons (Fsp3) is 0.190. The minimum absolute atomic E-state index is 0.173. The molecule has 29 heavy (non-hydrogen) atoms. The Morgan fingerprint density at radius 1 is 1.28 bits per heavy atom. The van der Waals surface area contributed by atoms with E-state index in [0.717, 1.165) is 5.56 Å². The number of methoxy groups -OCH3 is 1. The van der Waals surface area contributed by atoms with Crippen LogP contribution in [0.1, 0.15) is 22.3 Å². The van der Waals surface area contributed by atoms with E-state index >= 15 is 0 Å². The van der Waals surface area contributed by atoms with Crippen LogP contribution in [0, 0.1) is 5.82 Å². The van der Waals surface area contributed by atoms with Crippen LogP contribution in [0.15, 0.2) is 59.9 Å². The molecule has 0 saturated heterocycles. The fourth-order valence-corrected chi connectivity index (χ4v) is 3.14. The van der Waals surface area contributed by atoms with Crippen LogP contribution in [0.3, 0.4) is 0 Å². The standard InChI is InChI=1S/C21H19FN4O3/c1-28-19-8-7-14(9-17(19)22)18-10-15(29-26-18)11-23-21(27)16-12-24-25-20(16)13-5-3-2-4-6-13/h2-9,12,15H,10-11H2,1H3,(H,23,27)(H,24,25). The first kappa shape index (κ1) is 18.7. The van der Waals surface area contributed by atoms with Crippen molar-refractivity contribution in [3.05, 3.63) is 71.7 Å². The summed E-state index contributed by atoms with van der Waals surface area (Å²) in [5, 5.41) is 13.7. The monoisotopic (exact) mass is 394 g/mol. The predicted molar refractivity (Wildman–Crippen MR) is 105 cm³/mol. The van der Waals surface area contributed by atoms with Gasteiger partial charge in [-0.2, -0.15) is 5.10 Å². The third-order valence-corrected chi connectivity index (χ3v) is 4.65. The van der Waals surface area contributed by atoms with E-state index in [1.807, 2.05) is 30.3 Å². The van der Waals surface area contributed by atoms with Crippen LogP contribution < -0.4 is 10.1 Å². The molecule has 0 spiro atoms. The lowest BCUT2D eigenvalue weighted by Crippen LogP contribution is -2.32. The van der Waals surface area contributed by atoms with Gasteiger partial charge in [-0.05, 0) is 18.2 Å². The van der Waals surface area contributed by atoms with Crippen molar-refractivity contribution in [2.45, 2.75) is 12.5 Å². The Morgan fingerprint density at radius 3 is 2.86 bits per heavy atom. The van der Waals surface area contributed by atoms with Crippen molar-refractivity contribution in [3.8, 4) is 17.0 Å². The maximum Gasteiger partial charge on any atom is 0.255 e. The molecule has 3 aromatic rings. The number of rotatable bonds is 6. The first-order chi connectivity index (χ1) is 14.2. The van der Waals surface area contributed by atoms with Gasteiger partial charge in [0.15, 0.2) is 11.6 Å². The van der Waals surface area contributed by atoms with Gasteiger partial charge >= 0.3 is 0 Å². The van der Waals surface area contributed by atoms with E-state index < -0.39 is 5.82 Å². The van der Waals surface area contributed by atoms with Gasteiger partial charge in [0.05, 0.1) is 36.8 Å². The van der Waals surface area contributed by atoms with Gasteiger partial charge in [0.1, 0.15) is 6.10 Å². The van der Waals surface area contributed by atoms with Crippen molar-refractivity contribution >= 4 is 11.6 Å². The van der Waals surface area contributed by atoms with Gasteiger partial charge < -0.3 is 14.9 Å². The first-order valence-electron chi connectivity index (χ1n) is 9.09. The third kappa shape index (κ3) is 3.96. The number of carbonyl (C=O) groups excluding carboxylic acids is 1. The van der Waals surface area contributed by atoms with Crippen LogP contribution >= 0.6 is 0 Å². The molecule has 0 radical (unpaired) electrons. The van der Waals surface area contributed by atoms with E-state index in [4.69, 9.17) is 9.57 Å². The highest BCUT2D eigenvalue weighted by atomic mass is 19.1. The van der Waals surface area contributed by atoms with Crippen LogP contribution in [0.25, 0.3) is 11.3 Å². The highest BCUT2D eigenvalue weighted by molar-refractivity contribution is 6.02. The number of hydrogen-bond acceptors (Lipinski definition) is 5. The second-order valence-electron chi connectivity index (χ2n) is 6.55. The Morgan fingerprint density at radius 2 is 2.10 bits per heavy atom. The van der Waals surface area contributed by atoms with Crippen LogP contribution in [0.2, 0.25) is 0 Å². The molecule has 1 aromatic heterocycles. The van der Waals surface area contributed by atoms with E-state index in [1.165, 1.54) is 19.4 Å². The molecule has 0 fully saturated rings. The van der Waals surface area contributed by atoms with Crippen molar-refractivity contribution in [2.24, 2.45) is 5.16 Å². The van der Waals surface area contributed by atoms with Gasteiger partial charge in [-0.15, -0.1) is 0 Å². The number of benzene rings is 2. The number of hydrogen-bond donors (Lipinski definition) is 2. The van der Waals surface area contributed by atoms with E-state index in [9.17, 15) is 9.18 Å². The summed E-state index contributed by atoms with van der Waals surface area (Å²) in [7, 11) is 1.41. The Balaban J connectivity index is 1.36. The Labute approximate surface area is 166 Å². The molecule has 1 unspecified atom stereocenters. The second-order valence-corrected chi connectivity index (χ2v) is 6.55. The topological polar surface area (TPSA) is 88.6 Å². The van der Waals surface area contributed by atoms with Gasteiger partial charge in [0.25, 0.3) is 5.91 Å². The molecule has 0 aliphatic carbocycles. The van der Waals surface area contributed by atoms with Gasteiger partial charge in [0.2, 0.25) is 0 Å². The smallest absolute Gasteiger partial charge is 0.255 e. The summed E-state index contributed by atoms with van der Waals surface area (Å²) in [5.41, 5.74) is 3.23. The summed E-state index contributed by atoms with van der Waals surface area (Å²) in [5.74, 6) is -0.547. The summed E-state index contributed by atoms with van der Waals surface area (Å²) in [6.45, 7) is 0.268. The molecule has 4 rings (SSSR count). The maximum atomic E-state index is 13.9. The van der Waals surface area contributed by atoms with Gasteiger partial charge in [-0.25, -0.2) is 4.39 Å². The number of aromatic amines is 1. The average molecular weight is 394 g/mol. The first-order valence-corrected chi connectivity index (χ1v) is 9.09. The summed E-state index contributed by atoms with van der Waals surface area (Å²) in [4.78, 5) is 18.0. The zero-order valence-electron chi connectivity index (χ0n) is 15.7. The third-order valence-electron chi connectivity index (χ3n) is 4.65. The van der Waals surface area contributed by atoms with Crippen LogP contribution in [-0.4, -0.2) is 41.6 Å². The molecule has 1 aliphatic rings. The zero-order chi connectivity index (χ0) is 20.2. The minimum atomic E-state index is -0.460. The van der Waals surface area contributed by atoms with Crippen molar-refractivity contribution in [2.75, 3.05) is 13.7 Å². The van der Waals surface area contributed by atoms with Gasteiger partial charge in [0, 0.05) is 17.5 Å². The number of halogens is 1. The summed E-state index contributed by atoms with van der Waals surface area (Å²) in [6, 6.07) is 14.1. The number of nitrogens with one attached hydrogen (secondary N) is 2. The number of H-pyrrole nitrogens is 1. The molecular weight excluding hydrogens is 375 g/mol. The Hall–Kier alpha value is -3.68. The minimum Gasteiger partial charge on any atom is -0.494 e. The summed E-state index contributed by atoms with van der Waals surface area (Å²) in [6.07, 6.45) is 1.63. The van der Waals surface area contributed by atoms with E-state index in [0.29, 0.717) is 29.0 Å². The molecule has 2 N–H and O–H groups in total. The molecule has 2 aromatic carbocycles. The fourth-order valence-electron chi connectivity index (χ4n) is 3.14. The maximum absolute atomic E-state index is 13.9. The Kier molecular flexibility index (Phi) is 5.24. The molecule has 1 amide bonds. The van der Waals surface area contributed by atoms with Crippen LogP contribution in [0.4, 0.5) is 4.39 Å². The van der Waals surface area contributed by atoms with E-state index in [2.05, 4.69) is 20.7 Å². The number of oxime groups is 1. The SMILES string of the molecule is COc1ccc(C2=NOC(CNC(=O)c3cn[nH]c3-c3ccccc3)C2)cc1F. The lowest BCUT2D eigenvalue weighted by molar-refractivity contribution is 0.0754. The molecule has 2 heterocycles. The Bertz CT molecular complexity index is 1050. The molecule has 0 bridgehead atoms.